The molecule has 0 saturated heterocycles. The zero-order chi connectivity index (χ0) is 21.5. The highest BCUT2D eigenvalue weighted by Crippen LogP contribution is 2.28. The Labute approximate surface area is 176 Å². The van der Waals surface area contributed by atoms with Gasteiger partial charge in [-0.2, -0.15) is 9.78 Å². The molecule has 0 radical (unpaired) electrons. The molecule has 10 heteroatoms. The molecule has 1 amide bonds. The minimum atomic E-state index is -3.29. The third-order valence-corrected chi connectivity index (χ3v) is 6.48. The number of aryl methyl sites for hydroxylation is 1. The Bertz CT molecular complexity index is 1360. The molecule has 0 atom stereocenters. The van der Waals surface area contributed by atoms with Crippen LogP contribution in [0.25, 0.3) is 15.3 Å². The van der Waals surface area contributed by atoms with E-state index in [1.54, 1.807) is 37.3 Å². The van der Waals surface area contributed by atoms with E-state index in [1.807, 2.05) is 0 Å². The number of carbonyl (C=O) groups is 1. The van der Waals surface area contributed by atoms with E-state index < -0.39 is 15.7 Å². The number of halogens is 1. The molecule has 0 bridgehead atoms. The third kappa shape index (κ3) is 4.10. The summed E-state index contributed by atoms with van der Waals surface area (Å²) in [7, 11) is -3.29. The second-order valence-corrected chi connectivity index (χ2v) is 9.83. The molecule has 4 rings (SSSR count). The first kappa shape index (κ1) is 20.2. The lowest BCUT2D eigenvalue weighted by Gasteiger charge is -2.07. The lowest BCUT2D eigenvalue weighted by Crippen LogP contribution is -2.17. The fourth-order valence-electron chi connectivity index (χ4n) is 2.96. The third-order valence-electron chi connectivity index (χ3n) is 4.35. The van der Waals surface area contributed by atoms with Gasteiger partial charge in [0.25, 0.3) is 0 Å². The molecule has 0 fully saturated rings. The molecule has 1 N–H and O–H groups in total. The van der Waals surface area contributed by atoms with Crippen LogP contribution in [0, 0.1) is 12.7 Å². The molecule has 4 aromatic rings. The van der Waals surface area contributed by atoms with Crippen LogP contribution in [-0.4, -0.2) is 35.3 Å². The highest BCUT2D eigenvalue weighted by Gasteiger charge is 2.16. The van der Waals surface area contributed by atoms with Crippen LogP contribution < -0.4 is 5.32 Å². The number of thiazole rings is 1. The van der Waals surface area contributed by atoms with Crippen molar-refractivity contribution in [2.45, 2.75) is 18.2 Å². The summed E-state index contributed by atoms with van der Waals surface area (Å²) in [5.41, 5.74) is 1.60. The SMILES string of the molecule is Cc1cc(NC(=O)Cc2ccc(S(C)(=O)=O)cc2)n(-c2nc3c(F)cccc3s2)n1. The predicted molar refractivity (Wildman–Crippen MR) is 113 cm³/mol. The number of nitrogens with one attached hydrogen (secondary N) is 1. The Hall–Kier alpha value is -3.11. The largest absolute Gasteiger partial charge is 0.310 e. The van der Waals surface area contributed by atoms with E-state index in [4.69, 9.17) is 0 Å². The van der Waals surface area contributed by atoms with Crippen LogP contribution in [0.5, 0.6) is 0 Å². The summed E-state index contributed by atoms with van der Waals surface area (Å²) >= 11 is 1.27. The van der Waals surface area contributed by atoms with Gasteiger partial charge >= 0.3 is 0 Å². The van der Waals surface area contributed by atoms with E-state index in [1.165, 1.54) is 34.2 Å². The number of rotatable bonds is 5. The highest BCUT2D eigenvalue weighted by atomic mass is 32.2. The molecule has 2 aromatic carbocycles. The standard InChI is InChI=1S/C20H17FN4O3S2/c1-12-10-17(22-18(26)11-13-6-8-14(9-7-13)30(2,27)28)25(24-12)20-23-19-15(21)4-3-5-16(19)29-20/h3-10H,11H2,1-2H3,(H,22,26). The summed E-state index contributed by atoms with van der Waals surface area (Å²) in [4.78, 5) is 17.0. The van der Waals surface area contributed by atoms with Crippen molar-refractivity contribution in [2.24, 2.45) is 0 Å². The van der Waals surface area contributed by atoms with Gasteiger partial charge in [-0.05, 0) is 36.8 Å². The Morgan fingerprint density at radius 2 is 1.93 bits per heavy atom. The molecule has 30 heavy (non-hydrogen) atoms. The van der Waals surface area contributed by atoms with Crippen molar-refractivity contribution in [1.82, 2.24) is 14.8 Å². The van der Waals surface area contributed by atoms with Crippen molar-refractivity contribution in [3.63, 3.8) is 0 Å². The molecule has 0 aliphatic heterocycles. The fraction of sp³-hybridized carbons (Fsp3) is 0.150. The molecule has 0 aliphatic rings. The van der Waals surface area contributed by atoms with Crippen LogP contribution >= 0.6 is 11.3 Å². The zero-order valence-electron chi connectivity index (χ0n) is 16.1. The number of nitrogens with zero attached hydrogens (tertiary/aromatic N) is 3. The van der Waals surface area contributed by atoms with E-state index in [2.05, 4.69) is 15.4 Å². The zero-order valence-corrected chi connectivity index (χ0v) is 17.7. The van der Waals surface area contributed by atoms with Gasteiger partial charge in [-0.25, -0.2) is 17.8 Å². The number of fused-ring (bicyclic) bond motifs is 1. The number of hydrogen-bond acceptors (Lipinski definition) is 6. The summed E-state index contributed by atoms with van der Waals surface area (Å²) < 4.78 is 39.2. The number of carbonyl (C=O) groups excluding carboxylic acids is 1. The lowest BCUT2D eigenvalue weighted by molar-refractivity contribution is -0.115. The number of benzene rings is 2. The Morgan fingerprint density at radius 1 is 1.20 bits per heavy atom. The minimum absolute atomic E-state index is 0.0583. The predicted octanol–water partition coefficient (Wildman–Crippen LogP) is 3.51. The molecular weight excluding hydrogens is 427 g/mol. The van der Waals surface area contributed by atoms with Gasteiger partial charge in [0.2, 0.25) is 11.0 Å². The van der Waals surface area contributed by atoms with Gasteiger partial charge in [0, 0.05) is 12.3 Å². The molecule has 7 nitrogen and oxygen atoms in total. The van der Waals surface area contributed by atoms with Gasteiger partial charge in [-0.1, -0.05) is 29.5 Å². The molecule has 2 heterocycles. The summed E-state index contributed by atoms with van der Waals surface area (Å²) in [6, 6.07) is 12.6. The van der Waals surface area contributed by atoms with Crippen LogP contribution in [-0.2, 0) is 21.1 Å². The maximum absolute atomic E-state index is 14.0. The Balaban J connectivity index is 1.56. The van der Waals surface area contributed by atoms with E-state index >= 15 is 0 Å². The van der Waals surface area contributed by atoms with Gasteiger partial charge in [0.05, 0.1) is 21.7 Å². The summed E-state index contributed by atoms with van der Waals surface area (Å²) in [6.45, 7) is 1.78. The van der Waals surface area contributed by atoms with Crippen LogP contribution in [0.3, 0.4) is 0 Å². The summed E-state index contributed by atoms with van der Waals surface area (Å²) in [6.07, 6.45) is 1.19. The number of amides is 1. The van der Waals surface area contributed by atoms with Crippen molar-refractivity contribution in [3.8, 4) is 5.13 Å². The molecular formula is C20H17FN4O3S2. The number of para-hydroxylation sites is 1. The summed E-state index contributed by atoms with van der Waals surface area (Å²) in [5.74, 6) is -0.290. The first-order valence-corrected chi connectivity index (χ1v) is 11.6. The fourth-order valence-corrected chi connectivity index (χ4v) is 4.53. The molecule has 0 aliphatic carbocycles. The van der Waals surface area contributed by atoms with Crippen molar-refractivity contribution >= 4 is 43.1 Å². The molecule has 154 valence electrons. The smallest absolute Gasteiger partial charge is 0.229 e. The van der Waals surface area contributed by atoms with Gasteiger partial charge in [0.1, 0.15) is 17.2 Å². The van der Waals surface area contributed by atoms with E-state index in [-0.39, 0.29) is 22.7 Å². The van der Waals surface area contributed by atoms with Crippen molar-refractivity contribution in [2.75, 3.05) is 11.6 Å². The molecule has 0 saturated carbocycles. The maximum atomic E-state index is 14.0. The molecule has 2 aromatic heterocycles. The topological polar surface area (TPSA) is 94.0 Å². The second kappa shape index (κ2) is 7.62. The average Bonchev–Trinajstić information content (AvgIpc) is 3.25. The Morgan fingerprint density at radius 3 is 2.60 bits per heavy atom. The van der Waals surface area contributed by atoms with Crippen LogP contribution in [0.4, 0.5) is 10.2 Å². The van der Waals surface area contributed by atoms with E-state index in [9.17, 15) is 17.6 Å². The van der Waals surface area contributed by atoms with Crippen molar-refractivity contribution in [1.29, 1.82) is 0 Å². The van der Waals surface area contributed by atoms with E-state index in [0.717, 1.165) is 6.26 Å². The monoisotopic (exact) mass is 444 g/mol. The first-order chi connectivity index (χ1) is 14.2. The first-order valence-electron chi connectivity index (χ1n) is 8.91. The van der Waals surface area contributed by atoms with Crippen LogP contribution in [0.2, 0.25) is 0 Å². The normalized spacial score (nSPS) is 11.7. The quantitative estimate of drug-likeness (QED) is 0.508. The number of hydrogen-bond donors (Lipinski definition) is 1. The van der Waals surface area contributed by atoms with E-state index in [0.29, 0.717) is 26.9 Å². The van der Waals surface area contributed by atoms with Gasteiger partial charge in [-0.15, -0.1) is 0 Å². The maximum Gasteiger partial charge on any atom is 0.229 e. The summed E-state index contributed by atoms with van der Waals surface area (Å²) in [5, 5.41) is 7.60. The number of sulfone groups is 1. The van der Waals surface area contributed by atoms with Crippen molar-refractivity contribution in [3.05, 3.63) is 65.6 Å². The second-order valence-electron chi connectivity index (χ2n) is 6.81. The number of aromatic nitrogens is 3. The molecule has 0 spiro atoms. The van der Waals surface area contributed by atoms with Crippen LogP contribution in [0.15, 0.2) is 53.4 Å². The average molecular weight is 445 g/mol. The van der Waals surface area contributed by atoms with Gasteiger partial charge < -0.3 is 5.32 Å². The number of anilines is 1. The Kier molecular flexibility index (Phi) is 5.12. The van der Waals surface area contributed by atoms with Gasteiger partial charge in [0.15, 0.2) is 9.84 Å². The van der Waals surface area contributed by atoms with Crippen LogP contribution in [0.1, 0.15) is 11.3 Å². The van der Waals surface area contributed by atoms with Crippen molar-refractivity contribution < 1.29 is 17.6 Å². The lowest BCUT2D eigenvalue weighted by atomic mass is 10.1. The molecule has 0 unspecified atom stereocenters. The highest BCUT2D eigenvalue weighted by molar-refractivity contribution is 7.90. The van der Waals surface area contributed by atoms with Gasteiger partial charge in [-0.3, -0.25) is 4.79 Å². The minimum Gasteiger partial charge on any atom is -0.310 e.